The first-order valence-electron chi connectivity index (χ1n) is 7.06. The normalized spacial score (nSPS) is 14.1. The van der Waals surface area contributed by atoms with Gasteiger partial charge in [-0.05, 0) is 48.6 Å². The minimum Gasteiger partial charge on any atom is -0.388 e. The Morgan fingerprint density at radius 1 is 0.900 bits per heavy atom. The van der Waals surface area contributed by atoms with Crippen LogP contribution >= 0.6 is 0 Å². The van der Waals surface area contributed by atoms with Crippen LogP contribution in [0.4, 0.5) is 0 Å². The second-order valence-corrected chi connectivity index (χ2v) is 5.43. The van der Waals surface area contributed by atoms with Gasteiger partial charge in [-0.15, -0.1) is 0 Å². The van der Waals surface area contributed by atoms with E-state index in [1.165, 1.54) is 11.1 Å². The maximum Gasteiger partial charge on any atom is 0.0873 e. The molecule has 0 amide bonds. The van der Waals surface area contributed by atoms with E-state index < -0.39 is 6.10 Å². The Morgan fingerprint density at radius 2 is 1.50 bits per heavy atom. The van der Waals surface area contributed by atoms with Crippen LogP contribution < -0.4 is 5.73 Å². The van der Waals surface area contributed by atoms with Gasteiger partial charge in [0.25, 0.3) is 0 Å². The standard InChI is InChI=1S/C18H23NO/c1-12-8-6-10-16(14(12)3)18(20)17(11-19)15-9-5-4-7-13(15)2/h4-10,17-18,20H,11,19H2,1-3H3. The molecule has 0 spiro atoms. The Labute approximate surface area is 121 Å². The van der Waals surface area contributed by atoms with Gasteiger partial charge in [0.15, 0.2) is 0 Å². The summed E-state index contributed by atoms with van der Waals surface area (Å²) < 4.78 is 0. The summed E-state index contributed by atoms with van der Waals surface area (Å²) in [5.41, 5.74) is 11.6. The third-order valence-corrected chi connectivity index (χ3v) is 4.19. The highest BCUT2D eigenvalue weighted by Crippen LogP contribution is 2.34. The number of hydrogen-bond donors (Lipinski definition) is 2. The predicted octanol–water partition coefficient (Wildman–Crippen LogP) is 3.39. The van der Waals surface area contributed by atoms with E-state index in [2.05, 4.69) is 39.0 Å². The van der Waals surface area contributed by atoms with Crippen LogP contribution in [0.15, 0.2) is 42.5 Å². The van der Waals surface area contributed by atoms with Crippen molar-refractivity contribution >= 4 is 0 Å². The zero-order valence-corrected chi connectivity index (χ0v) is 12.4. The van der Waals surface area contributed by atoms with Crippen molar-refractivity contribution in [3.63, 3.8) is 0 Å². The van der Waals surface area contributed by atoms with Gasteiger partial charge in [-0.3, -0.25) is 0 Å². The van der Waals surface area contributed by atoms with Crippen LogP contribution in [0.1, 0.15) is 39.8 Å². The third-order valence-electron chi connectivity index (χ3n) is 4.19. The molecule has 2 rings (SSSR count). The van der Waals surface area contributed by atoms with Gasteiger partial charge in [-0.25, -0.2) is 0 Å². The Kier molecular flexibility index (Phi) is 4.58. The number of benzene rings is 2. The molecule has 2 aromatic carbocycles. The molecule has 0 bridgehead atoms. The van der Waals surface area contributed by atoms with Gasteiger partial charge in [-0.2, -0.15) is 0 Å². The first-order chi connectivity index (χ1) is 9.56. The number of hydrogen-bond acceptors (Lipinski definition) is 2. The molecule has 106 valence electrons. The van der Waals surface area contributed by atoms with Gasteiger partial charge in [0, 0.05) is 12.5 Å². The Morgan fingerprint density at radius 3 is 2.15 bits per heavy atom. The number of aliphatic hydroxyl groups excluding tert-OH is 1. The Balaban J connectivity index is 2.42. The molecule has 2 aromatic rings. The minimum absolute atomic E-state index is 0.0725. The molecule has 0 radical (unpaired) electrons. The lowest BCUT2D eigenvalue weighted by Gasteiger charge is -2.25. The van der Waals surface area contributed by atoms with Crippen molar-refractivity contribution < 1.29 is 5.11 Å². The zero-order valence-electron chi connectivity index (χ0n) is 12.4. The summed E-state index contributed by atoms with van der Waals surface area (Å²) in [6, 6.07) is 14.2. The summed E-state index contributed by atoms with van der Waals surface area (Å²) in [5, 5.41) is 10.8. The van der Waals surface area contributed by atoms with Crippen LogP contribution in [-0.2, 0) is 0 Å². The van der Waals surface area contributed by atoms with E-state index >= 15 is 0 Å². The summed E-state index contributed by atoms with van der Waals surface area (Å²) in [7, 11) is 0. The van der Waals surface area contributed by atoms with Crippen LogP contribution in [0.3, 0.4) is 0 Å². The molecular formula is C18H23NO. The van der Waals surface area contributed by atoms with Crippen LogP contribution in [0.25, 0.3) is 0 Å². The second-order valence-electron chi connectivity index (χ2n) is 5.43. The molecule has 0 saturated heterocycles. The van der Waals surface area contributed by atoms with Crippen molar-refractivity contribution in [1.82, 2.24) is 0 Å². The van der Waals surface area contributed by atoms with Crippen molar-refractivity contribution in [1.29, 1.82) is 0 Å². The van der Waals surface area contributed by atoms with Crippen LogP contribution in [0.5, 0.6) is 0 Å². The third kappa shape index (κ3) is 2.77. The number of aryl methyl sites for hydroxylation is 2. The molecule has 0 aliphatic carbocycles. The maximum atomic E-state index is 10.8. The lowest BCUT2D eigenvalue weighted by molar-refractivity contribution is 0.146. The van der Waals surface area contributed by atoms with E-state index in [0.29, 0.717) is 6.54 Å². The van der Waals surface area contributed by atoms with Crippen LogP contribution in [0.2, 0.25) is 0 Å². The number of nitrogens with two attached hydrogens (primary N) is 1. The van der Waals surface area contributed by atoms with E-state index in [4.69, 9.17) is 5.73 Å². The monoisotopic (exact) mass is 269 g/mol. The summed E-state index contributed by atoms with van der Waals surface area (Å²) in [4.78, 5) is 0. The van der Waals surface area contributed by atoms with E-state index in [0.717, 1.165) is 16.7 Å². The predicted molar refractivity (Wildman–Crippen MR) is 83.9 cm³/mol. The van der Waals surface area contributed by atoms with E-state index in [9.17, 15) is 5.11 Å². The van der Waals surface area contributed by atoms with Gasteiger partial charge < -0.3 is 10.8 Å². The molecule has 2 atom stereocenters. The fraction of sp³-hybridized carbons (Fsp3) is 0.333. The summed E-state index contributed by atoms with van der Waals surface area (Å²) in [6.45, 7) is 6.61. The van der Waals surface area contributed by atoms with Crippen molar-refractivity contribution in [2.45, 2.75) is 32.8 Å². The van der Waals surface area contributed by atoms with Gasteiger partial charge >= 0.3 is 0 Å². The molecule has 3 N–H and O–H groups in total. The molecule has 0 fully saturated rings. The van der Waals surface area contributed by atoms with Gasteiger partial charge in [0.05, 0.1) is 6.10 Å². The second kappa shape index (κ2) is 6.21. The van der Waals surface area contributed by atoms with Gasteiger partial charge in [0.2, 0.25) is 0 Å². The summed E-state index contributed by atoms with van der Waals surface area (Å²) in [6.07, 6.45) is -0.569. The maximum absolute atomic E-state index is 10.8. The largest absolute Gasteiger partial charge is 0.388 e. The zero-order chi connectivity index (χ0) is 14.7. The van der Waals surface area contributed by atoms with Crippen LogP contribution in [0, 0.1) is 20.8 Å². The first kappa shape index (κ1) is 14.8. The molecule has 0 aliphatic rings. The van der Waals surface area contributed by atoms with E-state index in [1.54, 1.807) is 0 Å². The number of rotatable bonds is 4. The first-order valence-corrected chi connectivity index (χ1v) is 7.06. The van der Waals surface area contributed by atoms with Gasteiger partial charge in [0.1, 0.15) is 0 Å². The average Bonchev–Trinajstić information content (AvgIpc) is 2.44. The lowest BCUT2D eigenvalue weighted by Crippen LogP contribution is -2.21. The van der Waals surface area contributed by atoms with Gasteiger partial charge in [-0.1, -0.05) is 42.5 Å². The highest BCUT2D eigenvalue weighted by molar-refractivity contribution is 5.38. The molecule has 0 aromatic heterocycles. The van der Waals surface area contributed by atoms with Crippen molar-refractivity contribution in [2.75, 3.05) is 6.54 Å². The fourth-order valence-electron chi connectivity index (χ4n) is 2.74. The molecular weight excluding hydrogens is 246 g/mol. The Bertz CT molecular complexity index is 592. The molecule has 0 saturated carbocycles. The van der Waals surface area contributed by atoms with E-state index in [-0.39, 0.29) is 5.92 Å². The smallest absolute Gasteiger partial charge is 0.0873 e. The number of aliphatic hydroxyl groups is 1. The molecule has 20 heavy (non-hydrogen) atoms. The minimum atomic E-state index is -0.569. The van der Waals surface area contributed by atoms with Crippen molar-refractivity contribution in [3.8, 4) is 0 Å². The summed E-state index contributed by atoms with van der Waals surface area (Å²) in [5.74, 6) is -0.0725. The van der Waals surface area contributed by atoms with Crippen LogP contribution in [-0.4, -0.2) is 11.7 Å². The van der Waals surface area contributed by atoms with Crippen molar-refractivity contribution in [2.24, 2.45) is 5.73 Å². The molecule has 2 heteroatoms. The topological polar surface area (TPSA) is 46.2 Å². The lowest BCUT2D eigenvalue weighted by atomic mass is 9.84. The fourth-order valence-corrected chi connectivity index (χ4v) is 2.74. The molecule has 2 nitrogen and oxygen atoms in total. The molecule has 2 unspecified atom stereocenters. The summed E-state index contributed by atoms with van der Waals surface area (Å²) >= 11 is 0. The molecule has 0 heterocycles. The highest BCUT2D eigenvalue weighted by Gasteiger charge is 2.24. The average molecular weight is 269 g/mol. The SMILES string of the molecule is Cc1ccccc1C(CN)C(O)c1cccc(C)c1C. The quantitative estimate of drug-likeness (QED) is 0.893. The Hall–Kier alpha value is -1.64. The van der Waals surface area contributed by atoms with E-state index in [1.807, 2.05) is 24.3 Å². The van der Waals surface area contributed by atoms with Crippen molar-refractivity contribution in [3.05, 3.63) is 70.3 Å². The molecule has 0 aliphatic heterocycles. The highest BCUT2D eigenvalue weighted by atomic mass is 16.3.